The Labute approximate surface area is 269 Å². The van der Waals surface area contributed by atoms with Gasteiger partial charge in [-0.3, -0.25) is 4.98 Å². The van der Waals surface area contributed by atoms with Crippen molar-refractivity contribution in [2.45, 2.75) is 111 Å². The average Bonchev–Trinajstić information content (AvgIpc) is 3.71. The summed E-state index contributed by atoms with van der Waals surface area (Å²) in [5.41, 5.74) is 5.89. The molecule has 9 nitrogen and oxygen atoms in total. The van der Waals surface area contributed by atoms with E-state index in [-0.39, 0.29) is 30.0 Å². The van der Waals surface area contributed by atoms with Gasteiger partial charge >= 0.3 is 5.97 Å². The quantitative estimate of drug-likeness (QED) is 0.202. The Morgan fingerprint density at radius 2 is 1.46 bits per heavy atom. The number of nitrogens with zero attached hydrogens (tertiary/aromatic N) is 2. The molecule has 0 saturated carbocycles. The highest BCUT2D eigenvalue weighted by Crippen LogP contribution is 2.64. The van der Waals surface area contributed by atoms with Gasteiger partial charge < -0.3 is 30.0 Å². The maximum Gasteiger partial charge on any atom is 0.342 e. The summed E-state index contributed by atoms with van der Waals surface area (Å²) >= 11 is 0. The molecule has 3 aliphatic rings. The van der Waals surface area contributed by atoms with Crippen molar-refractivity contribution < 1.29 is 24.9 Å². The monoisotopic (exact) mass is 626 g/mol. The van der Waals surface area contributed by atoms with Gasteiger partial charge in [-0.2, -0.15) is 0 Å². The molecular formula is C37H46N4O5. The fraction of sp³-hybridized carbons (Fsp3) is 0.486. The highest BCUT2D eigenvalue weighted by Gasteiger charge is 2.76. The summed E-state index contributed by atoms with van der Waals surface area (Å²) in [6.45, 7) is 17.4. The molecule has 5 heterocycles. The number of ether oxygens (including phenoxy) is 1. The van der Waals surface area contributed by atoms with E-state index < -0.39 is 28.7 Å². The highest BCUT2D eigenvalue weighted by atomic mass is 16.6. The second-order valence-corrected chi connectivity index (χ2v) is 13.0. The number of aromatic amines is 2. The van der Waals surface area contributed by atoms with E-state index in [1.54, 1.807) is 20.8 Å². The number of nitrogens with one attached hydrogen (secondary N) is 2. The van der Waals surface area contributed by atoms with Gasteiger partial charge in [-0.05, 0) is 112 Å². The Kier molecular flexibility index (Phi) is 7.62. The topological polar surface area (TPSA) is 144 Å². The average molecular weight is 627 g/mol. The molecule has 46 heavy (non-hydrogen) atoms. The lowest BCUT2D eigenvalue weighted by Gasteiger charge is -2.46. The maximum absolute atomic E-state index is 13.8. The predicted molar refractivity (Wildman–Crippen MR) is 180 cm³/mol. The van der Waals surface area contributed by atoms with E-state index in [0.29, 0.717) is 12.1 Å². The van der Waals surface area contributed by atoms with Crippen LogP contribution < -0.4 is 0 Å². The Bertz CT molecular complexity index is 1980. The first-order valence-corrected chi connectivity index (χ1v) is 16.6. The molecule has 4 atom stereocenters. The normalized spacial score (nSPS) is 25.4. The number of aliphatic hydroxyl groups excluding tert-OH is 1. The van der Waals surface area contributed by atoms with Crippen molar-refractivity contribution >= 4 is 39.2 Å². The third-order valence-corrected chi connectivity index (χ3v) is 11.1. The molecule has 1 aliphatic carbocycles. The van der Waals surface area contributed by atoms with E-state index >= 15 is 0 Å². The minimum absolute atomic E-state index is 0.00875. The van der Waals surface area contributed by atoms with Crippen molar-refractivity contribution in [3.8, 4) is 0 Å². The highest BCUT2D eigenvalue weighted by molar-refractivity contribution is 5.95. The molecule has 0 aromatic carbocycles. The van der Waals surface area contributed by atoms with Crippen LogP contribution in [0.15, 0.2) is 18.2 Å². The SMILES string of the molecule is CCOC(=O)C1(O)C(O)c2c3nc(cc4[nH]c(cc5[nH]c(cc6nc2C1(CC)C6(C)O)c(CC)c5C)c(CC)c4C)C(CC)=C3C. The summed E-state index contributed by atoms with van der Waals surface area (Å²) in [5, 5.41) is 37.2. The Balaban J connectivity index is 1.90. The lowest BCUT2D eigenvalue weighted by molar-refractivity contribution is -0.211. The van der Waals surface area contributed by atoms with E-state index in [4.69, 9.17) is 14.7 Å². The van der Waals surface area contributed by atoms with Gasteiger partial charge in [0, 0.05) is 27.6 Å². The van der Waals surface area contributed by atoms with Gasteiger partial charge in [0.15, 0.2) is 0 Å². The molecule has 3 aromatic heterocycles. The molecule has 8 bridgehead atoms. The third-order valence-electron chi connectivity index (χ3n) is 11.1. The first-order chi connectivity index (χ1) is 21.8. The van der Waals surface area contributed by atoms with E-state index in [9.17, 15) is 20.1 Å². The fourth-order valence-corrected chi connectivity index (χ4v) is 8.57. The van der Waals surface area contributed by atoms with Crippen molar-refractivity contribution in [1.29, 1.82) is 0 Å². The van der Waals surface area contributed by atoms with E-state index in [1.807, 2.05) is 19.1 Å². The van der Waals surface area contributed by atoms with Crippen LogP contribution in [0.3, 0.4) is 0 Å². The standard InChI is InChI=1S/C37H46N4O5/c1-10-21-18(6)25-16-27-23(12-3)20(8)31(40-27)30-32-36(13-4,37(45,33(30)42)34(43)46-14-5)35(9,44)29(41-32)17-28-22(11-2)19(7)24(39-28)15-26(21)38-25/h15-17,33,38-39,42,44-45H,10-14H2,1-9H3. The van der Waals surface area contributed by atoms with Crippen molar-refractivity contribution in [3.63, 3.8) is 0 Å². The maximum atomic E-state index is 13.8. The summed E-state index contributed by atoms with van der Waals surface area (Å²) in [7, 11) is 0. The van der Waals surface area contributed by atoms with Gasteiger partial charge in [-0.15, -0.1) is 0 Å². The number of rotatable bonds is 6. The van der Waals surface area contributed by atoms with E-state index in [0.717, 1.165) is 68.4 Å². The van der Waals surface area contributed by atoms with Gasteiger partial charge in [0.05, 0.1) is 34.8 Å². The summed E-state index contributed by atoms with van der Waals surface area (Å²) in [5.74, 6) is -1.00. The number of H-pyrrole nitrogens is 2. The van der Waals surface area contributed by atoms with E-state index in [1.165, 1.54) is 5.56 Å². The van der Waals surface area contributed by atoms with E-state index in [2.05, 4.69) is 50.7 Å². The lowest BCUT2D eigenvalue weighted by atomic mass is 9.61. The zero-order valence-corrected chi connectivity index (χ0v) is 28.4. The van der Waals surface area contributed by atoms with Crippen LogP contribution in [0.25, 0.3) is 33.2 Å². The first kappa shape index (κ1) is 32.2. The second kappa shape index (κ2) is 10.9. The molecule has 0 spiro atoms. The van der Waals surface area contributed by atoms with Gasteiger partial charge in [0.1, 0.15) is 11.7 Å². The van der Waals surface area contributed by atoms with Crippen LogP contribution in [-0.4, -0.2) is 53.4 Å². The summed E-state index contributed by atoms with van der Waals surface area (Å²) in [6.07, 6.45) is 0.605. The molecule has 4 unspecified atom stereocenters. The van der Waals surface area contributed by atoms with Crippen molar-refractivity contribution in [2.24, 2.45) is 0 Å². The van der Waals surface area contributed by atoms with Gasteiger partial charge in [0.25, 0.3) is 0 Å². The molecule has 6 rings (SSSR count). The molecule has 0 amide bonds. The second-order valence-electron chi connectivity index (χ2n) is 13.0. The van der Waals surface area contributed by atoms with Crippen LogP contribution >= 0.6 is 0 Å². The number of esters is 1. The predicted octanol–water partition coefficient (Wildman–Crippen LogP) is 6.29. The Morgan fingerprint density at radius 3 is 2.00 bits per heavy atom. The number of aryl methyl sites for hydroxylation is 4. The zero-order valence-electron chi connectivity index (χ0n) is 28.4. The van der Waals surface area contributed by atoms with Crippen LogP contribution in [-0.2, 0) is 33.4 Å². The number of carbonyl (C=O) groups is 1. The minimum Gasteiger partial charge on any atom is -0.464 e. The van der Waals surface area contributed by atoms with Crippen molar-refractivity contribution in [2.75, 3.05) is 6.61 Å². The van der Waals surface area contributed by atoms with Crippen molar-refractivity contribution in [3.05, 3.63) is 68.8 Å². The number of allylic oxidation sites excluding steroid dienone is 2. The lowest BCUT2D eigenvalue weighted by Crippen LogP contribution is -2.64. The molecule has 3 aromatic rings. The van der Waals surface area contributed by atoms with Crippen molar-refractivity contribution in [1.82, 2.24) is 19.9 Å². The molecule has 5 N–H and O–H groups in total. The summed E-state index contributed by atoms with van der Waals surface area (Å²) < 4.78 is 5.42. The number of hydrogen-bond acceptors (Lipinski definition) is 7. The fourth-order valence-electron chi connectivity index (χ4n) is 8.57. The molecule has 0 radical (unpaired) electrons. The molecule has 0 saturated heterocycles. The number of fused-ring (bicyclic) bond motifs is 8. The summed E-state index contributed by atoms with van der Waals surface area (Å²) in [6, 6.07) is 6.01. The van der Waals surface area contributed by atoms with Crippen LogP contribution in [0.2, 0.25) is 0 Å². The van der Waals surface area contributed by atoms with Crippen LogP contribution in [0.4, 0.5) is 0 Å². The first-order valence-electron chi connectivity index (χ1n) is 16.6. The molecule has 244 valence electrons. The smallest absolute Gasteiger partial charge is 0.342 e. The molecular weight excluding hydrogens is 580 g/mol. The summed E-state index contributed by atoms with van der Waals surface area (Å²) in [4.78, 5) is 31.2. The van der Waals surface area contributed by atoms with Crippen LogP contribution in [0.5, 0.6) is 0 Å². The van der Waals surface area contributed by atoms with Crippen LogP contribution in [0.1, 0.15) is 118 Å². The number of carbonyl (C=O) groups excluding carboxylic acids is 1. The Hall–Kier alpha value is -3.79. The number of aliphatic hydroxyl groups is 3. The molecule has 9 heteroatoms. The zero-order chi connectivity index (χ0) is 33.5. The van der Waals surface area contributed by atoms with Gasteiger partial charge in [-0.25, -0.2) is 9.78 Å². The number of hydrogen-bond donors (Lipinski definition) is 5. The third kappa shape index (κ3) is 3.88. The van der Waals surface area contributed by atoms with Gasteiger partial charge in [-0.1, -0.05) is 27.7 Å². The largest absolute Gasteiger partial charge is 0.464 e. The number of aromatic nitrogens is 4. The minimum atomic E-state index is -2.53. The van der Waals surface area contributed by atoms with Crippen LogP contribution in [0, 0.1) is 13.8 Å². The van der Waals surface area contributed by atoms with Gasteiger partial charge in [0.2, 0.25) is 5.60 Å². The molecule has 0 fully saturated rings. The molecule has 2 aliphatic heterocycles. The Morgan fingerprint density at radius 1 is 0.870 bits per heavy atom.